The minimum absolute atomic E-state index is 0.201. The second-order valence-corrected chi connectivity index (χ2v) is 10.7. The second-order valence-electron chi connectivity index (χ2n) is 10.7. The van der Waals surface area contributed by atoms with Crippen LogP contribution in [0.5, 0.6) is 0 Å². The Bertz CT molecular complexity index is 679. The minimum atomic E-state index is -4.62. The maximum Gasteiger partial charge on any atom is 0.419 e. The van der Waals surface area contributed by atoms with Crippen LogP contribution in [0.3, 0.4) is 0 Å². The van der Waals surface area contributed by atoms with Gasteiger partial charge in [0.05, 0.1) is 5.56 Å². The molecular formula is C28H42F4. The smallest absolute Gasteiger partial charge is 0.206 e. The average Bonchev–Trinajstić information content (AvgIpc) is 2.77. The Hall–Kier alpha value is -1.06. The molecule has 2 aliphatic carbocycles. The van der Waals surface area contributed by atoms with Gasteiger partial charge in [-0.25, -0.2) is 4.39 Å². The summed E-state index contributed by atoms with van der Waals surface area (Å²) in [5, 5.41) is 0. The fourth-order valence-corrected chi connectivity index (χ4v) is 6.41. The normalized spacial score (nSPS) is 23.9. The van der Waals surface area contributed by atoms with Gasteiger partial charge in [-0.15, -0.1) is 0 Å². The van der Waals surface area contributed by atoms with Crippen LogP contribution in [-0.4, -0.2) is 0 Å². The third kappa shape index (κ3) is 7.22. The van der Waals surface area contributed by atoms with E-state index in [1.165, 1.54) is 89.5 Å². The number of unbranched alkanes of at least 4 members (excludes halogenated alkanes) is 3. The van der Waals surface area contributed by atoms with Gasteiger partial charge in [-0.3, -0.25) is 0 Å². The topological polar surface area (TPSA) is 0 Å². The van der Waals surface area contributed by atoms with Crippen LogP contribution in [0.4, 0.5) is 17.6 Å². The Morgan fingerprint density at radius 1 is 0.875 bits per heavy atom. The van der Waals surface area contributed by atoms with E-state index in [0.717, 1.165) is 49.3 Å². The van der Waals surface area contributed by atoms with Crippen molar-refractivity contribution in [3.8, 4) is 0 Å². The summed E-state index contributed by atoms with van der Waals surface area (Å²) in [6, 6.07) is 3.52. The van der Waals surface area contributed by atoms with E-state index in [2.05, 4.69) is 6.92 Å². The lowest BCUT2D eigenvalue weighted by atomic mass is 9.68. The molecule has 0 saturated heterocycles. The molecule has 0 spiro atoms. The van der Waals surface area contributed by atoms with Gasteiger partial charge in [0.1, 0.15) is 5.82 Å². The van der Waals surface area contributed by atoms with Crippen molar-refractivity contribution >= 4 is 0 Å². The molecule has 0 radical (unpaired) electrons. The van der Waals surface area contributed by atoms with Gasteiger partial charge in [0, 0.05) is 0 Å². The van der Waals surface area contributed by atoms with E-state index >= 15 is 0 Å². The predicted octanol–water partition coefficient (Wildman–Crippen LogP) is 10.2. The van der Waals surface area contributed by atoms with Crippen molar-refractivity contribution in [3.05, 3.63) is 35.1 Å². The quantitative estimate of drug-likeness (QED) is 0.244. The van der Waals surface area contributed by atoms with E-state index in [1.54, 1.807) is 0 Å². The highest BCUT2D eigenvalue weighted by molar-refractivity contribution is 5.29. The van der Waals surface area contributed by atoms with Gasteiger partial charge in [-0.05, 0) is 86.3 Å². The largest absolute Gasteiger partial charge is 0.419 e. The van der Waals surface area contributed by atoms with E-state index in [4.69, 9.17) is 0 Å². The van der Waals surface area contributed by atoms with Crippen molar-refractivity contribution in [1.29, 1.82) is 0 Å². The van der Waals surface area contributed by atoms with Crippen LogP contribution in [-0.2, 0) is 6.18 Å². The molecule has 2 aliphatic rings. The highest BCUT2D eigenvalue weighted by Gasteiger charge is 2.35. The molecule has 32 heavy (non-hydrogen) atoms. The Morgan fingerprint density at radius 2 is 1.53 bits per heavy atom. The lowest BCUT2D eigenvalue weighted by Crippen LogP contribution is -2.24. The molecule has 0 aliphatic heterocycles. The van der Waals surface area contributed by atoms with Gasteiger partial charge in [-0.1, -0.05) is 70.8 Å². The van der Waals surface area contributed by atoms with Crippen LogP contribution in [0.25, 0.3) is 0 Å². The van der Waals surface area contributed by atoms with Gasteiger partial charge < -0.3 is 0 Å². The van der Waals surface area contributed by atoms with Crippen molar-refractivity contribution in [1.82, 2.24) is 0 Å². The molecule has 4 heteroatoms. The fraction of sp³-hybridized carbons (Fsp3) is 0.786. The highest BCUT2D eigenvalue weighted by atomic mass is 19.4. The van der Waals surface area contributed by atoms with Crippen LogP contribution < -0.4 is 0 Å². The Morgan fingerprint density at radius 3 is 2.12 bits per heavy atom. The summed E-state index contributed by atoms with van der Waals surface area (Å²) in [5.41, 5.74) is 0.207. The molecule has 0 bridgehead atoms. The summed E-state index contributed by atoms with van der Waals surface area (Å²) in [7, 11) is 0. The lowest BCUT2D eigenvalue weighted by molar-refractivity contribution is -0.140. The van der Waals surface area contributed by atoms with Crippen LogP contribution in [0, 0.1) is 17.2 Å². The molecule has 0 unspecified atom stereocenters. The van der Waals surface area contributed by atoms with Crippen molar-refractivity contribution < 1.29 is 17.6 Å². The second kappa shape index (κ2) is 11.9. The standard InChI is InChI=1S/C28H42F4/c1-2-3-6-17-27(18-7-4-8-19-27)20-9-5-10-22-11-13-23(14-12-22)24-15-16-25(26(29)21-24)28(30,31)32/h15-16,21-23H,2-14,17-20H2,1H3. The Kier molecular flexibility index (Phi) is 9.49. The zero-order chi connectivity index (χ0) is 23.0. The molecule has 0 atom stereocenters. The van der Waals surface area contributed by atoms with E-state index in [0.29, 0.717) is 5.41 Å². The highest BCUT2D eigenvalue weighted by Crippen LogP contribution is 2.45. The summed E-state index contributed by atoms with van der Waals surface area (Å²) in [6.45, 7) is 2.29. The first-order valence-electron chi connectivity index (χ1n) is 13.2. The van der Waals surface area contributed by atoms with E-state index < -0.39 is 17.6 Å². The summed E-state index contributed by atoms with van der Waals surface area (Å²) in [4.78, 5) is 0. The summed E-state index contributed by atoms with van der Waals surface area (Å²) in [5.74, 6) is -0.201. The number of hydrogen-bond acceptors (Lipinski definition) is 0. The molecule has 182 valence electrons. The molecule has 0 N–H and O–H groups in total. The maximum atomic E-state index is 13.9. The summed E-state index contributed by atoms with van der Waals surface area (Å²) < 4.78 is 52.4. The maximum absolute atomic E-state index is 13.9. The molecule has 2 fully saturated rings. The number of alkyl halides is 3. The molecule has 0 heterocycles. The molecule has 1 aromatic carbocycles. The first-order valence-corrected chi connectivity index (χ1v) is 13.2. The van der Waals surface area contributed by atoms with Gasteiger partial charge in [0.2, 0.25) is 0 Å². The number of hydrogen-bond donors (Lipinski definition) is 0. The van der Waals surface area contributed by atoms with Crippen LogP contribution in [0.2, 0.25) is 0 Å². The third-order valence-electron chi connectivity index (χ3n) is 8.41. The van der Waals surface area contributed by atoms with Crippen LogP contribution >= 0.6 is 0 Å². The molecular weight excluding hydrogens is 412 g/mol. The Balaban J connectivity index is 1.40. The molecule has 1 aromatic rings. The monoisotopic (exact) mass is 454 g/mol. The van der Waals surface area contributed by atoms with E-state index in [1.807, 2.05) is 0 Å². The number of benzene rings is 1. The fourth-order valence-electron chi connectivity index (χ4n) is 6.41. The first kappa shape index (κ1) is 25.6. The minimum Gasteiger partial charge on any atom is -0.206 e. The van der Waals surface area contributed by atoms with Crippen LogP contribution in [0.15, 0.2) is 18.2 Å². The predicted molar refractivity (Wildman–Crippen MR) is 124 cm³/mol. The van der Waals surface area contributed by atoms with E-state index in [9.17, 15) is 17.6 Å². The van der Waals surface area contributed by atoms with Crippen LogP contribution in [0.1, 0.15) is 133 Å². The molecule has 0 nitrogen and oxygen atoms in total. The Labute approximate surface area is 192 Å². The zero-order valence-electron chi connectivity index (χ0n) is 19.9. The molecule has 3 rings (SSSR count). The third-order valence-corrected chi connectivity index (χ3v) is 8.41. The van der Waals surface area contributed by atoms with Crippen molar-refractivity contribution in [2.75, 3.05) is 0 Å². The lowest BCUT2D eigenvalue weighted by Gasteiger charge is -2.38. The summed E-state index contributed by atoms with van der Waals surface area (Å²) >= 11 is 0. The summed E-state index contributed by atoms with van der Waals surface area (Å²) in [6.07, 6.45) is 17.5. The zero-order valence-corrected chi connectivity index (χ0v) is 19.9. The average molecular weight is 455 g/mol. The van der Waals surface area contributed by atoms with Crippen molar-refractivity contribution in [3.63, 3.8) is 0 Å². The van der Waals surface area contributed by atoms with E-state index in [-0.39, 0.29) is 5.92 Å². The number of rotatable bonds is 10. The van der Waals surface area contributed by atoms with Gasteiger partial charge >= 0.3 is 6.18 Å². The van der Waals surface area contributed by atoms with Crippen molar-refractivity contribution in [2.24, 2.45) is 11.3 Å². The SMILES string of the molecule is CCCCCC1(CCCCC2CCC(c3ccc(C(F)(F)F)c(F)c3)CC2)CCCCC1. The molecule has 0 aromatic heterocycles. The van der Waals surface area contributed by atoms with Gasteiger partial charge in [0.15, 0.2) is 0 Å². The number of halogens is 4. The van der Waals surface area contributed by atoms with Gasteiger partial charge in [-0.2, -0.15) is 13.2 Å². The van der Waals surface area contributed by atoms with Crippen molar-refractivity contribution in [2.45, 2.75) is 128 Å². The first-order chi connectivity index (χ1) is 15.3. The molecule has 0 amide bonds. The van der Waals surface area contributed by atoms with Gasteiger partial charge in [0.25, 0.3) is 0 Å². The molecule has 2 saturated carbocycles.